The number of thioether (sulfide) groups is 1. The van der Waals surface area contributed by atoms with E-state index in [1.165, 1.54) is 0 Å². The van der Waals surface area contributed by atoms with Gasteiger partial charge in [0.25, 0.3) is 0 Å². The molecule has 11 heavy (non-hydrogen) atoms. The number of rotatable bonds is 1. The van der Waals surface area contributed by atoms with E-state index in [0.717, 1.165) is 17.9 Å². The molecule has 0 radical (unpaired) electrons. The van der Waals surface area contributed by atoms with Gasteiger partial charge in [0, 0.05) is 11.2 Å². The molecule has 1 aliphatic heterocycles. The van der Waals surface area contributed by atoms with Gasteiger partial charge < -0.3 is 10.8 Å². The van der Waals surface area contributed by atoms with Crippen molar-refractivity contribution in [3.63, 3.8) is 0 Å². The van der Waals surface area contributed by atoms with Crippen molar-refractivity contribution in [2.45, 2.75) is 18.4 Å². The van der Waals surface area contributed by atoms with E-state index < -0.39 is 11.5 Å². The summed E-state index contributed by atoms with van der Waals surface area (Å²) in [5.74, 6) is 1.20. The molecule has 1 saturated heterocycles. The maximum Gasteiger partial charge on any atom is 0.324 e. The van der Waals surface area contributed by atoms with Crippen molar-refractivity contribution in [3.8, 4) is 0 Å². The molecular weight excluding hydrogens is 162 g/mol. The van der Waals surface area contributed by atoms with Crippen LogP contribution >= 0.6 is 11.8 Å². The zero-order valence-corrected chi connectivity index (χ0v) is 6.99. The summed E-state index contributed by atoms with van der Waals surface area (Å²) in [6, 6.07) is 0. The third-order valence-corrected chi connectivity index (χ3v) is 4.17. The van der Waals surface area contributed by atoms with E-state index in [2.05, 4.69) is 0 Å². The summed E-state index contributed by atoms with van der Waals surface area (Å²) in [5.41, 5.74) is 4.80. The van der Waals surface area contributed by atoms with E-state index >= 15 is 0 Å². The second-order valence-corrected chi connectivity index (χ2v) is 4.64. The normalized spacial score (nSPS) is 48.1. The Kier molecular flexibility index (Phi) is 1.30. The molecule has 2 aliphatic rings. The fourth-order valence-electron chi connectivity index (χ4n) is 1.89. The average Bonchev–Trinajstić information content (AvgIpc) is 2.38. The summed E-state index contributed by atoms with van der Waals surface area (Å²) in [6.45, 7) is 0. The Bertz CT molecular complexity index is 212. The van der Waals surface area contributed by atoms with Crippen molar-refractivity contribution in [1.82, 2.24) is 0 Å². The molecule has 0 bridgehead atoms. The molecule has 3 nitrogen and oxygen atoms in total. The number of carboxylic acids is 1. The SMILES string of the molecule is NC1(C(=O)O)CC12CCSC2. The van der Waals surface area contributed by atoms with Gasteiger partial charge in [-0.3, -0.25) is 4.79 Å². The van der Waals surface area contributed by atoms with Crippen LogP contribution in [0.2, 0.25) is 0 Å². The second-order valence-electron chi connectivity index (χ2n) is 3.54. The zero-order chi connectivity index (χ0) is 8.11. The molecule has 1 aliphatic carbocycles. The maximum atomic E-state index is 10.7. The highest BCUT2D eigenvalue weighted by Gasteiger charge is 2.70. The Hall–Kier alpha value is -0.220. The standard InChI is InChI=1S/C7H11NO2S/c8-7(5(9)10)3-6(7)1-2-11-4-6/h1-4,8H2,(H,9,10). The predicted octanol–water partition coefficient (Wildman–Crippen LogP) is 0.295. The van der Waals surface area contributed by atoms with Gasteiger partial charge in [0.05, 0.1) is 0 Å². The lowest BCUT2D eigenvalue weighted by molar-refractivity contribution is -0.140. The smallest absolute Gasteiger partial charge is 0.324 e. The van der Waals surface area contributed by atoms with Gasteiger partial charge >= 0.3 is 5.97 Å². The Labute approximate surface area is 69.3 Å². The monoisotopic (exact) mass is 173 g/mol. The molecule has 1 saturated carbocycles. The molecule has 0 amide bonds. The molecule has 2 unspecified atom stereocenters. The Morgan fingerprint density at radius 2 is 2.36 bits per heavy atom. The molecular formula is C7H11NO2S. The second kappa shape index (κ2) is 1.93. The van der Waals surface area contributed by atoms with Gasteiger partial charge in [-0.1, -0.05) is 0 Å². The molecule has 0 aromatic heterocycles. The topological polar surface area (TPSA) is 63.3 Å². The highest BCUT2D eigenvalue weighted by Crippen LogP contribution is 2.62. The van der Waals surface area contributed by atoms with Crippen LogP contribution in [0.15, 0.2) is 0 Å². The molecule has 62 valence electrons. The fourth-order valence-corrected chi connectivity index (χ4v) is 3.46. The lowest BCUT2D eigenvalue weighted by Crippen LogP contribution is -2.39. The van der Waals surface area contributed by atoms with Gasteiger partial charge in [0.15, 0.2) is 0 Å². The highest BCUT2D eigenvalue weighted by molar-refractivity contribution is 7.99. The van der Waals surface area contributed by atoms with Gasteiger partial charge in [0.2, 0.25) is 0 Å². The molecule has 2 rings (SSSR count). The van der Waals surface area contributed by atoms with E-state index in [4.69, 9.17) is 10.8 Å². The summed E-state index contributed by atoms with van der Waals surface area (Å²) >= 11 is 1.82. The van der Waals surface area contributed by atoms with Crippen LogP contribution in [-0.4, -0.2) is 28.1 Å². The Balaban J connectivity index is 2.17. The van der Waals surface area contributed by atoms with E-state index in [0.29, 0.717) is 6.42 Å². The fraction of sp³-hybridized carbons (Fsp3) is 0.857. The van der Waals surface area contributed by atoms with E-state index in [1.807, 2.05) is 11.8 Å². The van der Waals surface area contributed by atoms with Crippen molar-refractivity contribution >= 4 is 17.7 Å². The van der Waals surface area contributed by atoms with Crippen LogP contribution in [0.3, 0.4) is 0 Å². The van der Waals surface area contributed by atoms with Gasteiger partial charge in [-0.15, -0.1) is 0 Å². The van der Waals surface area contributed by atoms with E-state index in [1.54, 1.807) is 0 Å². The van der Waals surface area contributed by atoms with Gasteiger partial charge in [-0.2, -0.15) is 11.8 Å². The number of hydrogen-bond acceptors (Lipinski definition) is 3. The first-order valence-corrected chi connectivity index (χ1v) is 4.86. The number of aliphatic carboxylic acids is 1. The predicted molar refractivity (Wildman–Crippen MR) is 43.5 cm³/mol. The minimum absolute atomic E-state index is 0.0382. The lowest BCUT2D eigenvalue weighted by atomic mass is 10.00. The molecule has 1 heterocycles. The van der Waals surface area contributed by atoms with Crippen molar-refractivity contribution < 1.29 is 9.90 Å². The van der Waals surface area contributed by atoms with Crippen molar-refractivity contribution in [2.75, 3.05) is 11.5 Å². The van der Waals surface area contributed by atoms with Crippen LogP contribution in [0.1, 0.15) is 12.8 Å². The van der Waals surface area contributed by atoms with Crippen LogP contribution in [0.5, 0.6) is 0 Å². The van der Waals surface area contributed by atoms with Crippen LogP contribution < -0.4 is 5.73 Å². The molecule has 0 aromatic carbocycles. The summed E-state index contributed by atoms with van der Waals surface area (Å²) in [6.07, 6.45) is 1.67. The maximum absolute atomic E-state index is 10.7. The number of carbonyl (C=O) groups is 1. The first-order chi connectivity index (χ1) is 5.11. The van der Waals surface area contributed by atoms with Gasteiger partial charge in [0.1, 0.15) is 5.54 Å². The molecule has 0 aromatic rings. The number of carboxylic acid groups (broad SMARTS) is 1. The lowest BCUT2D eigenvalue weighted by Gasteiger charge is -2.10. The van der Waals surface area contributed by atoms with Crippen LogP contribution in [0.4, 0.5) is 0 Å². The summed E-state index contributed by atoms with van der Waals surface area (Å²) in [5, 5.41) is 8.80. The minimum Gasteiger partial charge on any atom is -0.480 e. The van der Waals surface area contributed by atoms with E-state index in [9.17, 15) is 4.79 Å². The number of hydrogen-bond donors (Lipinski definition) is 2. The molecule has 4 heteroatoms. The Morgan fingerprint density at radius 3 is 2.73 bits per heavy atom. The largest absolute Gasteiger partial charge is 0.480 e. The van der Waals surface area contributed by atoms with Crippen molar-refractivity contribution in [3.05, 3.63) is 0 Å². The zero-order valence-electron chi connectivity index (χ0n) is 6.17. The van der Waals surface area contributed by atoms with Crippen molar-refractivity contribution in [1.29, 1.82) is 0 Å². The van der Waals surface area contributed by atoms with Crippen LogP contribution in [-0.2, 0) is 4.79 Å². The molecule has 2 fully saturated rings. The molecule has 3 N–H and O–H groups in total. The highest BCUT2D eigenvalue weighted by atomic mass is 32.2. The summed E-state index contributed by atoms with van der Waals surface area (Å²) in [7, 11) is 0. The molecule has 1 spiro atoms. The average molecular weight is 173 g/mol. The molecule has 2 atom stereocenters. The first-order valence-electron chi connectivity index (χ1n) is 3.71. The third kappa shape index (κ3) is 0.767. The number of nitrogens with two attached hydrogens (primary N) is 1. The van der Waals surface area contributed by atoms with Gasteiger partial charge in [-0.25, -0.2) is 0 Å². The Morgan fingerprint density at radius 1 is 1.64 bits per heavy atom. The van der Waals surface area contributed by atoms with E-state index in [-0.39, 0.29) is 5.41 Å². The van der Waals surface area contributed by atoms with Crippen molar-refractivity contribution in [2.24, 2.45) is 11.1 Å². The van der Waals surface area contributed by atoms with Gasteiger partial charge in [-0.05, 0) is 18.6 Å². The quantitative estimate of drug-likeness (QED) is 0.598. The first kappa shape index (κ1) is 7.43. The van der Waals surface area contributed by atoms with Crippen LogP contribution in [0.25, 0.3) is 0 Å². The summed E-state index contributed by atoms with van der Waals surface area (Å²) in [4.78, 5) is 10.7. The summed E-state index contributed by atoms with van der Waals surface area (Å²) < 4.78 is 0. The minimum atomic E-state index is -0.878. The van der Waals surface area contributed by atoms with Crippen LogP contribution in [0, 0.1) is 5.41 Å². The third-order valence-electron chi connectivity index (χ3n) is 2.92.